The Labute approximate surface area is 152 Å². The van der Waals surface area contributed by atoms with Crippen LogP contribution in [0.2, 0.25) is 0 Å². The normalized spacial score (nSPS) is 11.2. The van der Waals surface area contributed by atoms with E-state index in [0.29, 0.717) is 24.4 Å². The minimum atomic E-state index is -0.257. The van der Waals surface area contributed by atoms with Crippen LogP contribution < -0.4 is 0 Å². The summed E-state index contributed by atoms with van der Waals surface area (Å²) in [4.78, 5) is 23.6. The highest BCUT2D eigenvalue weighted by atomic mass is 79.9. The molecule has 6 nitrogen and oxygen atoms in total. The van der Waals surface area contributed by atoms with E-state index in [1.54, 1.807) is 6.20 Å². The van der Waals surface area contributed by atoms with Crippen LogP contribution in [0.3, 0.4) is 0 Å². The Bertz CT molecular complexity index is 1050. The number of halogens is 1. The SMILES string of the molecule is O=C(CCn1ccc2ccccc21)OCc1nc2ncc(Br)cc2[nH]1. The van der Waals surface area contributed by atoms with E-state index in [1.807, 2.05) is 36.5 Å². The van der Waals surface area contributed by atoms with Gasteiger partial charge in [0.25, 0.3) is 0 Å². The quantitative estimate of drug-likeness (QED) is 0.518. The van der Waals surface area contributed by atoms with Gasteiger partial charge < -0.3 is 14.3 Å². The van der Waals surface area contributed by atoms with Crippen LogP contribution in [0.15, 0.2) is 53.3 Å². The van der Waals surface area contributed by atoms with Crippen molar-refractivity contribution < 1.29 is 9.53 Å². The number of carbonyl (C=O) groups is 1. The second kappa shape index (κ2) is 6.68. The maximum Gasteiger partial charge on any atom is 0.308 e. The monoisotopic (exact) mass is 398 g/mol. The van der Waals surface area contributed by atoms with Gasteiger partial charge in [0.15, 0.2) is 5.65 Å². The molecule has 1 N–H and O–H groups in total. The first-order valence-electron chi connectivity index (χ1n) is 7.89. The van der Waals surface area contributed by atoms with E-state index in [2.05, 4.69) is 41.5 Å². The fourth-order valence-electron chi connectivity index (χ4n) is 2.76. The Kier molecular flexibility index (Phi) is 4.23. The molecule has 7 heteroatoms. The van der Waals surface area contributed by atoms with Crippen molar-refractivity contribution in [2.45, 2.75) is 19.6 Å². The van der Waals surface area contributed by atoms with Crippen LogP contribution in [0.4, 0.5) is 0 Å². The second-order valence-electron chi connectivity index (χ2n) is 5.69. The zero-order chi connectivity index (χ0) is 17.2. The van der Waals surface area contributed by atoms with Crippen LogP contribution in [-0.2, 0) is 22.7 Å². The summed E-state index contributed by atoms with van der Waals surface area (Å²) in [6, 6.07) is 12.0. The highest BCUT2D eigenvalue weighted by Crippen LogP contribution is 2.17. The summed E-state index contributed by atoms with van der Waals surface area (Å²) in [6.07, 6.45) is 3.98. The van der Waals surface area contributed by atoms with Gasteiger partial charge >= 0.3 is 5.97 Å². The lowest BCUT2D eigenvalue weighted by Crippen LogP contribution is -2.09. The van der Waals surface area contributed by atoms with Crippen LogP contribution in [0.25, 0.3) is 22.1 Å². The lowest BCUT2D eigenvalue weighted by molar-refractivity contribution is -0.145. The minimum Gasteiger partial charge on any atom is -0.457 e. The number of aryl methyl sites for hydroxylation is 1. The van der Waals surface area contributed by atoms with Gasteiger partial charge in [0, 0.05) is 28.9 Å². The molecule has 0 fully saturated rings. The summed E-state index contributed by atoms with van der Waals surface area (Å²) >= 11 is 3.36. The maximum absolute atomic E-state index is 12.0. The van der Waals surface area contributed by atoms with E-state index in [-0.39, 0.29) is 12.6 Å². The third-order valence-corrected chi connectivity index (χ3v) is 4.39. The summed E-state index contributed by atoms with van der Waals surface area (Å²) in [6.45, 7) is 0.695. The Morgan fingerprint density at radius 3 is 3.08 bits per heavy atom. The number of hydrogen-bond donors (Lipinski definition) is 1. The number of esters is 1. The number of carbonyl (C=O) groups excluding carboxylic acids is 1. The number of fused-ring (bicyclic) bond motifs is 2. The zero-order valence-corrected chi connectivity index (χ0v) is 14.9. The van der Waals surface area contributed by atoms with Crippen LogP contribution in [0.1, 0.15) is 12.2 Å². The van der Waals surface area contributed by atoms with Gasteiger partial charge in [-0.2, -0.15) is 0 Å². The zero-order valence-electron chi connectivity index (χ0n) is 13.3. The summed E-state index contributed by atoms with van der Waals surface area (Å²) in [5.41, 5.74) is 2.52. The van der Waals surface area contributed by atoms with Crippen LogP contribution in [0, 0.1) is 0 Å². The standard InChI is InChI=1S/C18H15BrN4O2/c19-13-9-14-18(20-10-13)22-16(21-14)11-25-17(24)6-8-23-7-5-12-3-1-2-4-15(12)23/h1-5,7,9-10H,6,8,11H2,(H,20,21,22). The Morgan fingerprint density at radius 1 is 1.28 bits per heavy atom. The molecule has 0 bridgehead atoms. The molecule has 0 atom stereocenters. The molecule has 1 aromatic carbocycles. The highest BCUT2D eigenvalue weighted by Gasteiger charge is 2.09. The van der Waals surface area contributed by atoms with E-state index in [4.69, 9.17) is 4.74 Å². The number of benzene rings is 1. The number of hydrogen-bond acceptors (Lipinski definition) is 4. The number of rotatable bonds is 5. The number of pyridine rings is 1. The van der Waals surface area contributed by atoms with Gasteiger partial charge in [-0.1, -0.05) is 18.2 Å². The molecule has 4 aromatic rings. The molecule has 25 heavy (non-hydrogen) atoms. The lowest BCUT2D eigenvalue weighted by atomic mass is 10.2. The smallest absolute Gasteiger partial charge is 0.308 e. The van der Waals surface area contributed by atoms with E-state index in [0.717, 1.165) is 20.9 Å². The molecule has 4 rings (SSSR count). The topological polar surface area (TPSA) is 72.8 Å². The van der Waals surface area contributed by atoms with Crippen LogP contribution >= 0.6 is 15.9 Å². The molecule has 0 spiro atoms. The van der Waals surface area contributed by atoms with Gasteiger partial charge in [0.05, 0.1) is 11.9 Å². The number of nitrogens with one attached hydrogen (secondary N) is 1. The van der Waals surface area contributed by atoms with E-state index < -0.39 is 0 Å². The minimum absolute atomic E-state index is 0.110. The molecule has 0 aliphatic heterocycles. The Morgan fingerprint density at radius 2 is 2.16 bits per heavy atom. The maximum atomic E-state index is 12.0. The number of aromatic nitrogens is 4. The molecule has 0 radical (unpaired) electrons. The first kappa shape index (κ1) is 15.8. The van der Waals surface area contributed by atoms with Crippen molar-refractivity contribution in [3.63, 3.8) is 0 Å². The van der Waals surface area contributed by atoms with Crippen molar-refractivity contribution in [2.75, 3.05) is 0 Å². The van der Waals surface area contributed by atoms with Gasteiger partial charge in [-0.3, -0.25) is 4.79 Å². The number of H-pyrrole nitrogens is 1. The van der Waals surface area contributed by atoms with Crippen molar-refractivity contribution in [3.05, 3.63) is 59.1 Å². The van der Waals surface area contributed by atoms with Gasteiger partial charge in [-0.05, 0) is 39.5 Å². The lowest BCUT2D eigenvalue weighted by Gasteiger charge is -2.05. The Hall–Kier alpha value is -2.67. The van der Waals surface area contributed by atoms with Crippen molar-refractivity contribution in [3.8, 4) is 0 Å². The van der Waals surface area contributed by atoms with Gasteiger partial charge in [-0.25, -0.2) is 9.97 Å². The third kappa shape index (κ3) is 3.41. The molecule has 3 aromatic heterocycles. The summed E-state index contributed by atoms with van der Waals surface area (Å²) in [5.74, 6) is 0.327. The largest absolute Gasteiger partial charge is 0.457 e. The molecule has 0 amide bonds. The summed E-state index contributed by atoms with van der Waals surface area (Å²) in [7, 11) is 0. The van der Waals surface area contributed by atoms with E-state index >= 15 is 0 Å². The fourth-order valence-corrected chi connectivity index (χ4v) is 3.09. The van der Waals surface area contributed by atoms with Gasteiger partial charge in [0.2, 0.25) is 0 Å². The number of para-hydroxylation sites is 1. The predicted molar refractivity (Wildman–Crippen MR) is 97.9 cm³/mol. The molecule has 0 aliphatic carbocycles. The number of nitrogens with zero attached hydrogens (tertiary/aromatic N) is 3. The number of aromatic amines is 1. The first-order chi connectivity index (χ1) is 12.2. The van der Waals surface area contributed by atoms with Gasteiger partial charge in [-0.15, -0.1) is 0 Å². The number of ether oxygens (including phenoxy) is 1. The van der Waals surface area contributed by atoms with E-state index in [9.17, 15) is 4.79 Å². The Balaban J connectivity index is 1.35. The fraction of sp³-hybridized carbons (Fsp3) is 0.167. The molecular formula is C18H15BrN4O2. The molecule has 0 saturated heterocycles. The molecule has 0 unspecified atom stereocenters. The molecular weight excluding hydrogens is 384 g/mol. The van der Waals surface area contributed by atoms with Crippen LogP contribution in [0.5, 0.6) is 0 Å². The second-order valence-corrected chi connectivity index (χ2v) is 6.60. The summed E-state index contributed by atoms with van der Waals surface area (Å²) in [5, 5.41) is 1.16. The third-order valence-electron chi connectivity index (χ3n) is 3.96. The molecule has 0 aliphatic rings. The predicted octanol–water partition coefficient (Wildman–Crippen LogP) is 3.81. The summed E-state index contributed by atoms with van der Waals surface area (Å²) < 4.78 is 8.23. The first-order valence-corrected chi connectivity index (χ1v) is 8.68. The molecule has 0 saturated carbocycles. The van der Waals surface area contributed by atoms with Crippen LogP contribution in [-0.4, -0.2) is 25.5 Å². The highest BCUT2D eigenvalue weighted by molar-refractivity contribution is 9.10. The van der Waals surface area contributed by atoms with Crippen molar-refractivity contribution >= 4 is 44.0 Å². The van der Waals surface area contributed by atoms with Crippen molar-refractivity contribution in [1.29, 1.82) is 0 Å². The van der Waals surface area contributed by atoms with Crippen molar-refractivity contribution in [1.82, 2.24) is 19.5 Å². The van der Waals surface area contributed by atoms with Crippen molar-refractivity contribution in [2.24, 2.45) is 0 Å². The average Bonchev–Trinajstić information content (AvgIpc) is 3.21. The average molecular weight is 399 g/mol. The molecule has 3 heterocycles. The van der Waals surface area contributed by atoms with Gasteiger partial charge in [0.1, 0.15) is 12.4 Å². The number of imidazole rings is 1. The molecule has 126 valence electrons. The van der Waals surface area contributed by atoms with E-state index in [1.165, 1.54) is 0 Å².